The molecule has 2 aromatic carbocycles. The predicted octanol–water partition coefficient (Wildman–Crippen LogP) is 4.71. The normalized spacial score (nSPS) is 16.7. The number of fused-ring (bicyclic) bond motifs is 1. The Bertz CT molecular complexity index is 1340. The highest BCUT2D eigenvalue weighted by Crippen LogP contribution is 2.38. The van der Waals surface area contributed by atoms with Crippen molar-refractivity contribution in [2.75, 3.05) is 37.6 Å². The van der Waals surface area contributed by atoms with Gasteiger partial charge in [-0.1, -0.05) is 16.7 Å². The Kier molecular flexibility index (Phi) is 7.00. The Morgan fingerprint density at radius 2 is 1.83 bits per heavy atom. The lowest BCUT2D eigenvalue weighted by molar-refractivity contribution is 0.0695. The van der Waals surface area contributed by atoms with Gasteiger partial charge in [0, 0.05) is 61.8 Å². The average Bonchev–Trinajstić information content (AvgIpc) is 3.71. The molecule has 2 aliphatic rings. The van der Waals surface area contributed by atoms with Gasteiger partial charge >= 0.3 is 5.97 Å². The van der Waals surface area contributed by atoms with E-state index in [0.29, 0.717) is 35.4 Å². The number of halogens is 2. The number of hydrogen-bond donors (Lipinski definition) is 1. The van der Waals surface area contributed by atoms with Crippen molar-refractivity contribution in [1.29, 1.82) is 0 Å². The number of carbonyl (C=O) groups is 1. The Morgan fingerprint density at radius 3 is 2.44 bits per heavy atom. The van der Waals surface area contributed by atoms with Crippen molar-refractivity contribution < 1.29 is 18.8 Å². The molecule has 1 saturated heterocycles. The molecule has 7 nitrogen and oxygen atoms in total. The van der Waals surface area contributed by atoms with Crippen LogP contribution in [-0.2, 0) is 6.54 Å². The van der Waals surface area contributed by atoms with Crippen LogP contribution in [0, 0.1) is 5.82 Å². The number of pyridine rings is 1. The smallest absolute Gasteiger partial charge is 0.341 e. The first-order valence-corrected chi connectivity index (χ1v) is 12.9. The standard InChI is InChI=1S/C26H28F2N4O3S/c1-2-32(28)36-19-7-3-17(4-8-19)15-29-9-11-30(12-10-29)24-14-23-20(13-22(24)27)25(33)21(26(34)35)16-31(23)18-5-6-18/h3-4,7-8,13-14,16,18H,2,5-6,9-12,15H2,1H3,(H,34,35). The summed E-state index contributed by atoms with van der Waals surface area (Å²) in [6, 6.07) is 10.9. The largest absolute Gasteiger partial charge is 0.477 e. The molecular weight excluding hydrogens is 486 g/mol. The van der Waals surface area contributed by atoms with Crippen LogP contribution < -0.4 is 10.3 Å². The summed E-state index contributed by atoms with van der Waals surface area (Å²) in [5.74, 6) is -1.81. The molecule has 0 atom stereocenters. The fourth-order valence-corrected chi connectivity index (χ4v) is 5.26. The van der Waals surface area contributed by atoms with Crippen LogP contribution >= 0.6 is 11.9 Å². The summed E-state index contributed by atoms with van der Waals surface area (Å²) in [6.07, 6.45) is 3.22. The van der Waals surface area contributed by atoms with Crippen molar-refractivity contribution in [2.24, 2.45) is 0 Å². The van der Waals surface area contributed by atoms with Gasteiger partial charge in [0.25, 0.3) is 0 Å². The molecule has 1 N–H and O–H groups in total. The zero-order valence-corrected chi connectivity index (χ0v) is 20.8. The molecule has 0 unspecified atom stereocenters. The second kappa shape index (κ2) is 10.2. The average molecular weight is 515 g/mol. The van der Waals surface area contributed by atoms with Gasteiger partial charge in [-0.25, -0.2) is 9.18 Å². The van der Waals surface area contributed by atoms with Crippen LogP contribution in [0.4, 0.5) is 14.6 Å². The molecule has 1 aliphatic heterocycles. The van der Waals surface area contributed by atoms with E-state index in [-0.39, 0.29) is 17.0 Å². The number of carboxylic acid groups (broad SMARTS) is 1. The van der Waals surface area contributed by atoms with Gasteiger partial charge in [-0.2, -0.15) is 0 Å². The third kappa shape index (κ3) is 5.11. The zero-order valence-electron chi connectivity index (χ0n) is 20.0. The third-order valence-corrected chi connectivity index (χ3v) is 7.71. The van der Waals surface area contributed by atoms with E-state index >= 15 is 4.39 Å². The van der Waals surface area contributed by atoms with Crippen LogP contribution in [0.5, 0.6) is 0 Å². The van der Waals surface area contributed by atoms with Gasteiger partial charge < -0.3 is 14.6 Å². The third-order valence-electron chi connectivity index (χ3n) is 6.77. The minimum Gasteiger partial charge on any atom is -0.477 e. The van der Waals surface area contributed by atoms with E-state index < -0.39 is 17.2 Å². The van der Waals surface area contributed by atoms with Crippen LogP contribution in [0.3, 0.4) is 0 Å². The number of carboxylic acids is 1. The van der Waals surface area contributed by atoms with Crippen molar-refractivity contribution in [2.45, 2.75) is 37.2 Å². The monoisotopic (exact) mass is 514 g/mol. The first kappa shape index (κ1) is 24.7. The second-order valence-electron chi connectivity index (χ2n) is 9.27. The summed E-state index contributed by atoms with van der Waals surface area (Å²) in [5.41, 5.74) is 1.18. The van der Waals surface area contributed by atoms with E-state index in [9.17, 15) is 19.2 Å². The Morgan fingerprint density at radius 1 is 1.14 bits per heavy atom. The molecule has 190 valence electrons. The molecule has 2 fully saturated rings. The highest BCUT2D eigenvalue weighted by Gasteiger charge is 2.28. The fraction of sp³-hybridized carbons (Fsp3) is 0.385. The molecule has 10 heteroatoms. The van der Waals surface area contributed by atoms with Crippen LogP contribution in [0.15, 0.2) is 52.3 Å². The maximum Gasteiger partial charge on any atom is 0.341 e. The van der Waals surface area contributed by atoms with Gasteiger partial charge in [0.1, 0.15) is 11.4 Å². The molecule has 0 spiro atoms. The molecule has 1 aliphatic carbocycles. The van der Waals surface area contributed by atoms with E-state index in [1.54, 1.807) is 13.0 Å². The molecule has 0 bridgehead atoms. The SMILES string of the molecule is CCN(F)Sc1ccc(CN2CCN(c3cc4c(cc3F)c(=O)c(C(=O)O)cn4C3CC3)CC2)cc1. The summed E-state index contributed by atoms with van der Waals surface area (Å²) < 4.78 is 31.1. The lowest BCUT2D eigenvalue weighted by Crippen LogP contribution is -2.46. The summed E-state index contributed by atoms with van der Waals surface area (Å²) in [6.45, 7) is 5.58. The van der Waals surface area contributed by atoms with Gasteiger partial charge in [0.05, 0.1) is 11.2 Å². The molecule has 5 rings (SSSR count). The number of hydrogen-bond acceptors (Lipinski definition) is 6. The maximum absolute atomic E-state index is 15.2. The first-order chi connectivity index (χ1) is 17.3. The maximum atomic E-state index is 15.2. The lowest BCUT2D eigenvalue weighted by atomic mass is 10.1. The Balaban J connectivity index is 1.31. The minimum absolute atomic E-state index is 0.109. The van der Waals surface area contributed by atoms with Crippen LogP contribution in [0.25, 0.3) is 10.9 Å². The van der Waals surface area contributed by atoms with E-state index in [4.69, 9.17) is 0 Å². The number of aromatic carboxylic acids is 1. The van der Waals surface area contributed by atoms with E-state index in [1.165, 1.54) is 12.3 Å². The van der Waals surface area contributed by atoms with Crippen LogP contribution in [0.2, 0.25) is 0 Å². The van der Waals surface area contributed by atoms with Crippen molar-refractivity contribution >= 4 is 34.5 Å². The summed E-state index contributed by atoms with van der Waals surface area (Å²) in [7, 11) is 0. The number of rotatable bonds is 8. The van der Waals surface area contributed by atoms with Crippen molar-refractivity contribution in [1.82, 2.24) is 14.0 Å². The summed E-state index contributed by atoms with van der Waals surface area (Å²) in [4.78, 5) is 29.4. The fourth-order valence-electron chi connectivity index (χ4n) is 4.65. The Hall–Kier alpha value is -2.95. The van der Waals surface area contributed by atoms with E-state index in [1.807, 2.05) is 33.7 Å². The molecule has 0 amide bonds. The van der Waals surface area contributed by atoms with E-state index in [2.05, 4.69) is 4.90 Å². The molecule has 0 radical (unpaired) electrons. The van der Waals surface area contributed by atoms with Crippen molar-refractivity contribution in [3.05, 3.63) is 69.8 Å². The number of piperazine rings is 1. The summed E-state index contributed by atoms with van der Waals surface area (Å²) in [5, 5.41) is 9.54. The van der Waals surface area contributed by atoms with E-state index in [0.717, 1.165) is 54.9 Å². The number of nitrogens with zero attached hydrogens (tertiary/aromatic N) is 4. The molecule has 1 saturated carbocycles. The highest BCUT2D eigenvalue weighted by atomic mass is 32.2. The minimum atomic E-state index is -1.30. The van der Waals surface area contributed by atoms with Crippen molar-refractivity contribution in [3.8, 4) is 0 Å². The topological polar surface area (TPSA) is 69.0 Å². The van der Waals surface area contributed by atoms with Gasteiger partial charge in [-0.05, 0) is 61.5 Å². The van der Waals surface area contributed by atoms with Gasteiger partial charge in [-0.15, -0.1) is 4.48 Å². The lowest BCUT2D eigenvalue weighted by Gasteiger charge is -2.36. The Labute approximate surface area is 212 Å². The summed E-state index contributed by atoms with van der Waals surface area (Å²) >= 11 is 1.07. The van der Waals surface area contributed by atoms with Crippen LogP contribution in [-0.4, -0.2) is 57.8 Å². The van der Waals surface area contributed by atoms with Crippen molar-refractivity contribution in [3.63, 3.8) is 0 Å². The highest BCUT2D eigenvalue weighted by molar-refractivity contribution is 7.96. The molecule has 1 aromatic heterocycles. The predicted molar refractivity (Wildman–Crippen MR) is 137 cm³/mol. The number of benzene rings is 2. The number of anilines is 1. The molecular formula is C26H28F2N4O3S. The van der Waals surface area contributed by atoms with Gasteiger partial charge in [0.2, 0.25) is 5.43 Å². The molecule has 2 heterocycles. The molecule has 36 heavy (non-hydrogen) atoms. The van der Waals surface area contributed by atoms with Crippen LogP contribution in [0.1, 0.15) is 41.7 Å². The van der Waals surface area contributed by atoms with Gasteiger partial charge in [-0.3, -0.25) is 9.69 Å². The number of aromatic nitrogens is 1. The first-order valence-electron chi connectivity index (χ1n) is 12.1. The molecule has 3 aromatic rings. The quantitative estimate of drug-likeness (QED) is 0.345. The van der Waals surface area contributed by atoms with Gasteiger partial charge in [0.15, 0.2) is 0 Å². The second-order valence-corrected chi connectivity index (χ2v) is 10.3. The zero-order chi connectivity index (χ0) is 25.4.